The Morgan fingerprint density at radius 2 is 1.71 bits per heavy atom. The maximum absolute atomic E-state index is 13.3. The lowest BCUT2D eigenvalue weighted by atomic mass is 10.1. The van der Waals surface area contributed by atoms with Gasteiger partial charge in [-0.25, -0.2) is 8.42 Å². The Balaban J connectivity index is 1.88. The number of hydrogen-bond acceptors (Lipinski definition) is 4. The fourth-order valence-electron chi connectivity index (χ4n) is 3.16. The highest BCUT2D eigenvalue weighted by molar-refractivity contribution is 7.89. The number of carbonyl (C=O) groups excluding carboxylic acids is 1. The van der Waals surface area contributed by atoms with E-state index in [0.717, 1.165) is 16.7 Å². The van der Waals surface area contributed by atoms with Crippen molar-refractivity contribution in [1.82, 2.24) is 9.21 Å². The largest absolute Gasteiger partial charge is 0.378 e. The standard InChI is InChI=1S/C21H26N2O4S/c1-17-6-8-20(9-7-17)28(25,26)23(15-19-5-3-4-18(2)14-19)16-21(24)22-10-12-27-13-11-22/h3-9,14H,10-13,15-16H2,1-2H3. The van der Waals surface area contributed by atoms with E-state index in [2.05, 4.69) is 0 Å². The zero-order chi connectivity index (χ0) is 20.1. The molecule has 0 N–H and O–H groups in total. The second kappa shape index (κ2) is 8.86. The van der Waals surface area contributed by atoms with Gasteiger partial charge in [0.25, 0.3) is 0 Å². The summed E-state index contributed by atoms with van der Waals surface area (Å²) in [6.07, 6.45) is 0. The molecule has 1 heterocycles. The van der Waals surface area contributed by atoms with Crippen molar-refractivity contribution in [3.8, 4) is 0 Å². The van der Waals surface area contributed by atoms with Crippen LogP contribution in [0.1, 0.15) is 16.7 Å². The normalized spacial score (nSPS) is 15.0. The first-order valence-corrected chi connectivity index (χ1v) is 10.8. The van der Waals surface area contributed by atoms with Gasteiger partial charge in [0, 0.05) is 19.6 Å². The molecule has 28 heavy (non-hydrogen) atoms. The number of morpholine rings is 1. The van der Waals surface area contributed by atoms with Crippen LogP contribution in [0, 0.1) is 13.8 Å². The lowest BCUT2D eigenvalue weighted by Crippen LogP contribution is -2.46. The maximum Gasteiger partial charge on any atom is 0.243 e. The number of ether oxygens (including phenoxy) is 1. The molecule has 3 rings (SSSR count). The summed E-state index contributed by atoms with van der Waals surface area (Å²) in [6, 6.07) is 14.4. The van der Waals surface area contributed by atoms with Crippen LogP contribution in [0.25, 0.3) is 0 Å². The number of carbonyl (C=O) groups is 1. The third-order valence-corrected chi connectivity index (χ3v) is 6.58. The van der Waals surface area contributed by atoms with E-state index >= 15 is 0 Å². The molecule has 2 aromatic rings. The van der Waals surface area contributed by atoms with Gasteiger partial charge >= 0.3 is 0 Å². The predicted octanol–water partition coefficient (Wildman–Crippen LogP) is 2.35. The summed E-state index contributed by atoms with van der Waals surface area (Å²) >= 11 is 0. The first-order valence-electron chi connectivity index (χ1n) is 9.34. The van der Waals surface area contributed by atoms with Gasteiger partial charge in [-0.05, 0) is 31.5 Å². The van der Waals surface area contributed by atoms with Crippen molar-refractivity contribution in [1.29, 1.82) is 0 Å². The minimum Gasteiger partial charge on any atom is -0.378 e. The fourth-order valence-corrected chi connectivity index (χ4v) is 4.54. The summed E-state index contributed by atoms with van der Waals surface area (Å²) in [4.78, 5) is 14.6. The molecule has 0 spiro atoms. The van der Waals surface area contributed by atoms with E-state index in [1.54, 1.807) is 29.2 Å². The zero-order valence-electron chi connectivity index (χ0n) is 16.3. The van der Waals surface area contributed by atoms with E-state index in [4.69, 9.17) is 4.74 Å². The van der Waals surface area contributed by atoms with E-state index in [-0.39, 0.29) is 23.9 Å². The molecular formula is C21H26N2O4S. The number of hydrogen-bond donors (Lipinski definition) is 0. The molecule has 0 bridgehead atoms. The van der Waals surface area contributed by atoms with Crippen LogP contribution in [0.3, 0.4) is 0 Å². The van der Waals surface area contributed by atoms with Crippen LogP contribution in [-0.2, 0) is 26.1 Å². The summed E-state index contributed by atoms with van der Waals surface area (Å²) in [6.45, 7) is 5.76. The molecule has 2 aromatic carbocycles. The third kappa shape index (κ3) is 4.98. The molecule has 0 aromatic heterocycles. The molecule has 150 valence electrons. The second-order valence-electron chi connectivity index (χ2n) is 7.07. The highest BCUT2D eigenvalue weighted by Crippen LogP contribution is 2.20. The number of amides is 1. The van der Waals surface area contributed by atoms with Crippen LogP contribution in [0.4, 0.5) is 0 Å². The fraction of sp³-hybridized carbons (Fsp3) is 0.381. The van der Waals surface area contributed by atoms with Crippen molar-refractivity contribution < 1.29 is 17.9 Å². The van der Waals surface area contributed by atoms with Gasteiger partial charge in [0.1, 0.15) is 0 Å². The number of benzene rings is 2. The van der Waals surface area contributed by atoms with E-state index in [1.165, 1.54) is 4.31 Å². The monoisotopic (exact) mass is 402 g/mol. The second-order valence-corrected chi connectivity index (χ2v) is 9.01. The van der Waals surface area contributed by atoms with Gasteiger partial charge in [-0.1, -0.05) is 47.5 Å². The summed E-state index contributed by atoms with van der Waals surface area (Å²) in [5.41, 5.74) is 2.88. The topological polar surface area (TPSA) is 66.9 Å². The van der Waals surface area contributed by atoms with Crippen LogP contribution >= 0.6 is 0 Å². The molecule has 0 radical (unpaired) electrons. The first-order chi connectivity index (χ1) is 13.4. The Hall–Kier alpha value is -2.22. The molecule has 1 amide bonds. The van der Waals surface area contributed by atoms with Gasteiger partial charge in [-0.2, -0.15) is 4.31 Å². The lowest BCUT2D eigenvalue weighted by Gasteiger charge is -2.30. The van der Waals surface area contributed by atoms with Crippen molar-refractivity contribution >= 4 is 15.9 Å². The van der Waals surface area contributed by atoms with E-state index < -0.39 is 10.0 Å². The van der Waals surface area contributed by atoms with Gasteiger partial charge in [0.15, 0.2) is 0 Å². The van der Waals surface area contributed by atoms with Crippen molar-refractivity contribution in [2.45, 2.75) is 25.3 Å². The molecule has 1 saturated heterocycles. The number of nitrogens with zero attached hydrogens (tertiary/aromatic N) is 2. The van der Waals surface area contributed by atoms with Crippen LogP contribution in [0.15, 0.2) is 53.4 Å². The highest BCUT2D eigenvalue weighted by Gasteiger charge is 2.29. The lowest BCUT2D eigenvalue weighted by molar-refractivity contribution is -0.135. The molecule has 1 fully saturated rings. The average molecular weight is 403 g/mol. The highest BCUT2D eigenvalue weighted by atomic mass is 32.2. The van der Waals surface area contributed by atoms with Crippen molar-refractivity contribution in [3.63, 3.8) is 0 Å². The summed E-state index contributed by atoms with van der Waals surface area (Å²) < 4.78 is 33.1. The average Bonchev–Trinajstić information content (AvgIpc) is 2.68. The molecule has 7 heteroatoms. The minimum absolute atomic E-state index is 0.147. The van der Waals surface area contributed by atoms with Crippen molar-refractivity contribution in [3.05, 3.63) is 65.2 Å². The van der Waals surface area contributed by atoms with Gasteiger partial charge in [-0.15, -0.1) is 0 Å². The Kier molecular flexibility index (Phi) is 6.49. The predicted molar refractivity (Wildman–Crippen MR) is 107 cm³/mol. The number of sulfonamides is 1. The van der Waals surface area contributed by atoms with Gasteiger partial charge < -0.3 is 9.64 Å². The van der Waals surface area contributed by atoms with Crippen LogP contribution in [-0.4, -0.2) is 56.4 Å². The maximum atomic E-state index is 13.3. The van der Waals surface area contributed by atoms with Crippen LogP contribution < -0.4 is 0 Å². The summed E-state index contributed by atoms with van der Waals surface area (Å²) in [7, 11) is -3.81. The summed E-state index contributed by atoms with van der Waals surface area (Å²) in [5, 5.41) is 0. The van der Waals surface area contributed by atoms with Crippen molar-refractivity contribution in [2.24, 2.45) is 0 Å². The molecule has 0 unspecified atom stereocenters. The molecule has 6 nitrogen and oxygen atoms in total. The zero-order valence-corrected chi connectivity index (χ0v) is 17.1. The minimum atomic E-state index is -3.81. The third-order valence-electron chi connectivity index (χ3n) is 4.78. The molecule has 0 saturated carbocycles. The first kappa shape index (κ1) is 20.5. The Morgan fingerprint density at radius 3 is 2.36 bits per heavy atom. The van der Waals surface area contributed by atoms with E-state index in [0.29, 0.717) is 26.3 Å². The van der Waals surface area contributed by atoms with E-state index in [9.17, 15) is 13.2 Å². The van der Waals surface area contributed by atoms with Crippen LogP contribution in [0.2, 0.25) is 0 Å². The smallest absolute Gasteiger partial charge is 0.243 e. The Bertz CT molecular complexity index is 920. The number of aryl methyl sites for hydroxylation is 2. The number of rotatable bonds is 6. The quantitative estimate of drug-likeness (QED) is 0.744. The van der Waals surface area contributed by atoms with Crippen LogP contribution in [0.5, 0.6) is 0 Å². The molecule has 0 aliphatic carbocycles. The van der Waals surface area contributed by atoms with Gasteiger partial charge in [0.05, 0.1) is 24.7 Å². The molecule has 0 atom stereocenters. The molecule has 1 aliphatic rings. The SMILES string of the molecule is Cc1ccc(S(=O)(=O)N(CC(=O)N2CCOCC2)Cc2cccc(C)c2)cc1. The van der Waals surface area contributed by atoms with E-state index in [1.807, 2.05) is 38.1 Å². The Labute approximate surface area is 166 Å². The molecular weight excluding hydrogens is 376 g/mol. The van der Waals surface area contributed by atoms with Gasteiger partial charge in [0.2, 0.25) is 15.9 Å². The molecule has 1 aliphatic heterocycles. The Morgan fingerprint density at radius 1 is 1.04 bits per heavy atom. The summed E-state index contributed by atoms with van der Waals surface area (Å²) in [5.74, 6) is -0.202. The van der Waals surface area contributed by atoms with Gasteiger partial charge in [-0.3, -0.25) is 4.79 Å². The van der Waals surface area contributed by atoms with Crippen molar-refractivity contribution in [2.75, 3.05) is 32.8 Å².